The summed E-state index contributed by atoms with van der Waals surface area (Å²) in [5.41, 5.74) is 1.25. The van der Waals surface area contributed by atoms with Gasteiger partial charge in [0.1, 0.15) is 11.5 Å². The van der Waals surface area contributed by atoms with E-state index in [2.05, 4.69) is 0 Å². The summed E-state index contributed by atoms with van der Waals surface area (Å²) in [6.45, 7) is 1.72. The zero-order chi connectivity index (χ0) is 16.1. The van der Waals surface area contributed by atoms with E-state index in [0.717, 1.165) is 0 Å². The number of hydrogen-bond donors (Lipinski definition) is 1. The van der Waals surface area contributed by atoms with Crippen molar-refractivity contribution in [1.29, 1.82) is 0 Å². The highest BCUT2D eigenvalue weighted by molar-refractivity contribution is 5.98. The van der Waals surface area contributed by atoms with Crippen LogP contribution < -0.4 is 9.47 Å². The van der Waals surface area contributed by atoms with Crippen LogP contribution in [-0.2, 0) is 0 Å². The third-order valence-corrected chi connectivity index (χ3v) is 3.72. The Kier molecular flexibility index (Phi) is 5.17. The second-order valence-corrected chi connectivity index (χ2v) is 5.10. The zero-order valence-corrected chi connectivity index (χ0v) is 12.9. The summed E-state index contributed by atoms with van der Waals surface area (Å²) in [7, 11) is 3.16. The molecule has 0 amide bonds. The number of ketones is 1. The van der Waals surface area contributed by atoms with Gasteiger partial charge in [0.2, 0.25) is 0 Å². The molecule has 116 valence electrons. The molecule has 0 unspecified atom stereocenters. The molecule has 4 nitrogen and oxygen atoms in total. The van der Waals surface area contributed by atoms with Gasteiger partial charge in [-0.25, -0.2) is 0 Å². The van der Waals surface area contributed by atoms with E-state index in [-0.39, 0.29) is 5.78 Å². The average molecular weight is 300 g/mol. The van der Waals surface area contributed by atoms with E-state index in [0.29, 0.717) is 22.6 Å². The van der Waals surface area contributed by atoms with Crippen LogP contribution in [0.25, 0.3) is 0 Å². The minimum Gasteiger partial charge on any atom is -0.497 e. The molecule has 0 heterocycles. The van der Waals surface area contributed by atoms with Gasteiger partial charge in [0.05, 0.1) is 20.3 Å². The summed E-state index contributed by atoms with van der Waals surface area (Å²) in [5.74, 6) is 0.762. The molecule has 2 aromatic rings. The standard InChI is InChI=1S/C18H20O4/c1-12(17(19)13-4-8-15(21-2)9-5-13)18(20)14-6-10-16(22-3)11-7-14/h4-12,17,19H,1-3H3/t12-,17+/m0/s1. The minimum absolute atomic E-state index is 0.106. The SMILES string of the molecule is COc1ccc(C(=O)[C@@H](C)[C@@H](O)c2ccc(OC)cc2)cc1. The highest BCUT2D eigenvalue weighted by Gasteiger charge is 2.24. The number of methoxy groups -OCH3 is 2. The molecule has 0 aliphatic rings. The molecular formula is C18H20O4. The maximum Gasteiger partial charge on any atom is 0.168 e. The van der Waals surface area contributed by atoms with Crippen LogP contribution in [0.4, 0.5) is 0 Å². The van der Waals surface area contributed by atoms with E-state index in [4.69, 9.17) is 9.47 Å². The largest absolute Gasteiger partial charge is 0.497 e. The first kappa shape index (κ1) is 16.0. The first-order valence-electron chi connectivity index (χ1n) is 7.07. The Bertz CT molecular complexity index is 617. The third-order valence-electron chi connectivity index (χ3n) is 3.72. The van der Waals surface area contributed by atoms with E-state index in [1.54, 1.807) is 69.7 Å². The van der Waals surface area contributed by atoms with Crippen LogP contribution in [0.1, 0.15) is 28.9 Å². The maximum absolute atomic E-state index is 12.5. The van der Waals surface area contributed by atoms with Crippen molar-refractivity contribution in [2.45, 2.75) is 13.0 Å². The number of rotatable bonds is 6. The lowest BCUT2D eigenvalue weighted by Gasteiger charge is -2.18. The number of carbonyl (C=O) groups excluding carboxylic acids is 1. The van der Waals surface area contributed by atoms with Gasteiger partial charge in [0.15, 0.2) is 5.78 Å². The number of hydrogen-bond acceptors (Lipinski definition) is 4. The predicted octanol–water partition coefficient (Wildman–Crippen LogP) is 3.26. The number of ether oxygens (including phenoxy) is 2. The lowest BCUT2D eigenvalue weighted by Crippen LogP contribution is -2.19. The molecule has 4 heteroatoms. The van der Waals surface area contributed by atoms with Crippen LogP contribution in [0, 0.1) is 5.92 Å². The molecule has 0 spiro atoms. The van der Waals surface area contributed by atoms with Crippen LogP contribution in [0.15, 0.2) is 48.5 Å². The van der Waals surface area contributed by atoms with Crippen molar-refractivity contribution in [2.75, 3.05) is 14.2 Å². The summed E-state index contributed by atoms with van der Waals surface area (Å²) < 4.78 is 10.2. The number of carbonyl (C=O) groups is 1. The molecule has 2 atom stereocenters. The normalized spacial score (nSPS) is 13.3. The first-order chi connectivity index (χ1) is 10.6. The number of aliphatic hydroxyl groups is 1. The van der Waals surface area contributed by atoms with Crippen molar-refractivity contribution >= 4 is 5.78 Å². The van der Waals surface area contributed by atoms with Gasteiger partial charge < -0.3 is 14.6 Å². The first-order valence-corrected chi connectivity index (χ1v) is 7.07. The molecule has 0 fully saturated rings. The molecule has 0 bridgehead atoms. The molecule has 22 heavy (non-hydrogen) atoms. The molecule has 0 aromatic heterocycles. The topological polar surface area (TPSA) is 55.8 Å². The molecule has 0 radical (unpaired) electrons. The molecule has 0 aliphatic carbocycles. The van der Waals surface area contributed by atoms with Crippen molar-refractivity contribution in [3.63, 3.8) is 0 Å². The number of aliphatic hydroxyl groups excluding tert-OH is 1. The van der Waals surface area contributed by atoms with Gasteiger partial charge in [-0.3, -0.25) is 4.79 Å². The summed E-state index contributed by atoms with van der Waals surface area (Å²) in [5, 5.41) is 10.4. The van der Waals surface area contributed by atoms with Crippen LogP contribution in [0.2, 0.25) is 0 Å². The molecule has 1 N–H and O–H groups in total. The monoisotopic (exact) mass is 300 g/mol. The highest BCUT2D eigenvalue weighted by atomic mass is 16.5. The van der Waals surface area contributed by atoms with Crippen molar-refractivity contribution in [3.05, 3.63) is 59.7 Å². The van der Waals surface area contributed by atoms with Crippen molar-refractivity contribution in [1.82, 2.24) is 0 Å². The quantitative estimate of drug-likeness (QED) is 0.832. The van der Waals surface area contributed by atoms with E-state index in [1.165, 1.54) is 0 Å². The van der Waals surface area contributed by atoms with E-state index in [1.807, 2.05) is 0 Å². The Hall–Kier alpha value is -2.33. The van der Waals surface area contributed by atoms with Gasteiger partial charge >= 0.3 is 0 Å². The summed E-state index contributed by atoms with van der Waals surface area (Å²) in [6.07, 6.45) is -0.861. The van der Waals surface area contributed by atoms with Crippen LogP contribution in [-0.4, -0.2) is 25.1 Å². The second-order valence-electron chi connectivity index (χ2n) is 5.10. The summed E-state index contributed by atoms with van der Waals surface area (Å²) >= 11 is 0. The van der Waals surface area contributed by atoms with Crippen molar-refractivity contribution < 1.29 is 19.4 Å². The van der Waals surface area contributed by atoms with E-state index < -0.39 is 12.0 Å². The third kappa shape index (κ3) is 3.46. The second kappa shape index (κ2) is 7.09. The maximum atomic E-state index is 12.5. The molecule has 0 saturated carbocycles. The fraction of sp³-hybridized carbons (Fsp3) is 0.278. The lowest BCUT2D eigenvalue weighted by molar-refractivity contribution is 0.0713. The summed E-state index contributed by atoms with van der Waals surface area (Å²) in [6, 6.07) is 13.9. The Morgan fingerprint density at radius 3 is 1.82 bits per heavy atom. The Morgan fingerprint density at radius 1 is 0.909 bits per heavy atom. The van der Waals surface area contributed by atoms with Crippen molar-refractivity contribution in [3.8, 4) is 11.5 Å². The number of benzene rings is 2. The molecule has 2 rings (SSSR count). The predicted molar refractivity (Wildman–Crippen MR) is 84.4 cm³/mol. The van der Waals surface area contributed by atoms with Gasteiger partial charge in [-0.15, -0.1) is 0 Å². The van der Waals surface area contributed by atoms with E-state index >= 15 is 0 Å². The van der Waals surface area contributed by atoms with Gasteiger partial charge in [-0.05, 0) is 42.0 Å². The summed E-state index contributed by atoms with van der Waals surface area (Å²) in [4.78, 5) is 12.5. The molecular weight excluding hydrogens is 280 g/mol. The van der Waals surface area contributed by atoms with Gasteiger partial charge in [0.25, 0.3) is 0 Å². The fourth-order valence-corrected chi connectivity index (χ4v) is 2.25. The Balaban J connectivity index is 2.13. The lowest BCUT2D eigenvalue weighted by atomic mass is 9.90. The smallest absolute Gasteiger partial charge is 0.168 e. The fourth-order valence-electron chi connectivity index (χ4n) is 2.25. The van der Waals surface area contributed by atoms with Crippen LogP contribution in [0.5, 0.6) is 11.5 Å². The van der Waals surface area contributed by atoms with Gasteiger partial charge in [0, 0.05) is 11.5 Å². The minimum atomic E-state index is -0.861. The average Bonchev–Trinajstić information content (AvgIpc) is 2.60. The highest BCUT2D eigenvalue weighted by Crippen LogP contribution is 2.27. The van der Waals surface area contributed by atoms with Gasteiger partial charge in [-0.2, -0.15) is 0 Å². The van der Waals surface area contributed by atoms with Gasteiger partial charge in [-0.1, -0.05) is 19.1 Å². The van der Waals surface area contributed by atoms with Crippen molar-refractivity contribution in [2.24, 2.45) is 5.92 Å². The molecule has 0 saturated heterocycles. The molecule has 2 aromatic carbocycles. The number of Topliss-reactive ketones (excluding diaryl/α,β-unsaturated/α-hetero) is 1. The Morgan fingerprint density at radius 2 is 1.36 bits per heavy atom. The molecule has 0 aliphatic heterocycles. The zero-order valence-electron chi connectivity index (χ0n) is 12.9. The van der Waals surface area contributed by atoms with Crippen LogP contribution in [0.3, 0.4) is 0 Å². The van der Waals surface area contributed by atoms with E-state index in [9.17, 15) is 9.90 Å². The van der Waals surface area contributed by atoms with Crippen LogP contribution >= 0.6 is 0 Å². The Labute approximate surface area is 130 Å².